The van der Waals surface area contributed by atoms with Crippen molar-refractivity contribution in [3.63, 3.8) is 0 Å². The molecule has 0 aliphatic carbocycles. The summed E-state index contributed by atoms with van der Waals surface area (Å²) in [4.78, 5) is 28.3. The maximum Gasteiger partial charge on any atom is 0.420 e. The predicted molar refractivity (Wildman–Crippen MR) is 99.1 cm³/mol. The van der Waals surface area contributed by atoms with Crippen molar-refractivity contribution < 1.29 is 24.2 Å². The fourth-order valence-corrected chi connectivity index (χ4v) is 3.57. The molecule has 0 bridgehead atoms. The Balaban J connectivity index is 2.15. The van der Waals surface area contributed by atoms with Crippen molar-refractivity contribution in [2.24, 2.45) is 0 Å². The smallest absolute Gasteiger partial charge is 0.420 e. The van der Waals surface area contributed by atoms with Gasteiger partial charge in [-0.1, -0.05) is 6.07 Å². The van der Waals surface area contributed by atoms with Gasteiger partial charge in [-0.05, 0) is 52.8 Å². The number of benzene rings is 1. The third-order valence-electron chi connectivity index (χ3n) is 4.00. The fourth-order valence-electron chi connectivity index (χ4n) is 2.48. The Morgan fingerprint density at radius 1 is 1.35 bits per heavy atom. The number of thioether (sulfide) groups is 1. The number of nitrogens with zero attached hydrogens (tertiary/aromatic N) is 2. The molecule has 8 heteroatoms. The van der Waals surface area contributed by atoms with Gasteiger partial charge in [0.05, 0.1) is 18.5 Å². The Kier molecular flexibility index (Phi) is 5.77. The van der Waals surface area contributed by atoms with Crippen molar-refractivity contribution >= 4 is 23.9 Å². The van der Waals surface area contributed by atoms with Crippen molar-refractivity contribution in [1.82, 2.24) is 9.80 Å². The number of rotatable bonds is 4. The van der Waals surface area contributed by atoms with Gasteiger partial charge >= 0.3 is 12.1 Å². The lowest BCUT2D eigenvalue weighted by molar-refractivity contribution is -0.0249. The van der Waals surface area contributed by atoms with E-state index in [0.717, 1.165) is 15.5 Å². The third-order valence-corrected chi connectivity index (χ3v) is 4.98. The number of ether oxygens (including phenoxy) is 2. The molecule has 0 aromatic heterocycles. The summed E-state index contributed by atoms with van der Waals surface area (Å²) < 4.78 is 10.5. The molecule has 1 N–H and O–H groups in total. The SMILES string of the molecule is COc1cccc(SCN2C(=O)N(C(=O)OC(C)(C)C)C(O)C2(C)C)c1. The number of carbonyl (C=O) groups excluding carboxylic acids is 2. The van der Waals surface area contributed by atoms with Gasteiger partial charge in [0, 0.05) is 4.90 Å². The van der Waals surface area contributed by atoms with E-state index in [9.17, 15) is 14.7 Å². The first-order chi connectivity index (χ1) is 12.0. The van der Waals surface area contributed by atoms with Crippen molar-refractivity contribution in [2.45, 2.75) is 56.9 Å². The summed E-state index contributed by atoms with van der Waals surface area (Å²) in [6.45, 7) is 8.55. The number of methoxy groups -OCH3 is 1. The van der Waals surface area contributed by atoms with E-state index in [0.29, 0.717) is 0 Å². The zero-order chi connectivity index (χ0) is 19.7. The number of imide groups is 1. The molecule has 0 spiro atoms. The van der Waals surface area contributed by atoms with Gasteiger partial charge in [0.1, 0.15) is 11.4 Å². The molecular formula is C18H26N2O5S. The molecule has 1 heterocycles. The molecule has 1 aromatic rings. The zero-order valence-corrected chi connectivity index (χ0v) is 16.8. The summed E-state index contributed by atoms with van der Waals surface area (Å²) >= 11 is 1.42. The Morgan fingerprint density at radius 2 is 2.00 bits per heavy atom. The number of urea groups is 1. The van der Waals surface area contributed by atoms with Crippen LogP contribution in [0, 0.1) is 0 Å². The molecular weight excluding hydrogens is 356 g/mol. The maximum atomic E-state index is 12.8. The van der Waals surface area contributed by atoms with E-state index in [2.05, 4.69) is 0 Å². The highest BCUT2D eigenvalue weighted by Gasteiger charge is 2.54. The van der Waals surface area contributed by atoms with Crippen LogP contribution in [-0.4, -0.2) is 57.4 Å². The van der Waals surface area contributed by atoms with Gasteiger partial charge in [0.2, 0.25) is 0 Å². The van der Waals surface area contributed by atoms with Crippen LogP contribution in [0.2, 0.25) is 0 Å². The van der Waals surface area contributed by atoms with E-state index in [1.807, 2.05) is 24.3 Å². The molecule has 3 amide bonds. The first kappa shape index (κ1) is 20.4. The quantitative estimate of drug-likeness (QED) is 0.803. The second-order valence-corrected chi connectivity index (χ2v) is 8.56. The molecule has 1 aliphatic heterocycles. The molecule has 1 aromatic carbocycles. The topological polar surface area (TPSA) is 79.3 Å². The van der Waals surface area contributed by atoms with Crippen LogP contribution >= 0.6 is 11.8 Å². The minimum Gasteiger partial charge on any atom is -0.497 e. The zero-order valence-electron chi connectivity index (χ0n) is 16.0. The number of hydrogen-bond donors (Lipinski definition) is 1. The van der Waals surface area contributed by atoms with Gasteiger partial charge in [0.15, 0.2) is 6.23 Å². The molecule has 1 fully saturated rings. The molecule has 0 radical (unpaired) electrons. The summed E-state index contributed by atoms with van der Waals surface area (Å²) in [6.07, 6.45) is -2.15. The second-order valence-electron chi connectivity index (χ2n) is 7.54. The summed E-state index contributed by atoms with van der Waals surface area (Å²) in [5, 5.41) is 10.5. The minimum atomic E-state index is -1.30. The molecule has 144 valence electrons. The standard InChI is InChI=1S/C18H26N2O5S/c1-17(2,3)25-16(23)20-14(21)18(4,5)19(15(20)22)11-26-13-9-7-8-12(10-13)24-6/h7-10,14,21H,11H2,1-6H3. The van der Waals surface area contributed by atoms with E-state index in [4.69, 9.17) is 9.47 Å². The molecule has 0 saturated carbocycles. The van der Waals surface area contributed by atoms with Crippen molar-refractivity contribution in [3.8, 4) is 5.75 Å². The minimum absolute atomic E-state index is 0.273. The Hall–Kier alpha value is -1.93. The van der Waals surface area contributed by atoms with Crippen molar-refractivity contribution in [2.75, 3.05) is 13.0 Å². The maximum absolute atomic E-state index is 12.8. The van der Waals surface area contributed by atoms with Crippen LogP contribution in [0.25, 0.3) is 0 Å². The van der Waals surface area contributed by atoms with Crippen molar-refractivity contribution in [1.29, 1.82) is 0 Å². The number of aliphatic hydroxyl groups is 1. The largest absolute Gasteiger partial charge is 0.497 e. The molecule has 7 nitrogen and oxygen atoms in total. The van der Waals surface area contributed by atoms with Crippen LogP contribution in [0.5, 0.6) is 5.75 Å². The molecule has 26 heavy (non-hydrogen) atoms. The highest BCUT2D eigenvalue weighted by molar-refractivity contribution is 7.99. The number of hydrogen-bond acceptors (Lipinski definition) is 6. The lowest BCUT2D eigenvalue weighted by Gasteiger charge is -2.31. The van der Waals surface area contributed by atoms with Crippen LogP contribution < -0.4 is 4.74 Å². The normalized spacial score (nSPS) is 19.7. The van der Waals surface area contributed by atoms with Gasteiger partial charge in [-0.15, -0.1) is 11.8 Å². The molecule has 1 unspecified atom stereocenters. The molecule has 2 rings (SSSR count). The second kappa shape index (κ2) is 7.36. The Morgan fingerprint density at radius 3 is 2.58 bits per heavy atom. The van der Waals surface area contributed by atoms with E-state index in [1.165, 1.54) is 16.7 Å². The number of amides is 3. The molecule has 1 aliphatic rings. The number of carbonyl (C=O) groups is 2. The first-order valence-electron chi connectivity index (χ1n) is 8.26. The lowest BCUT2D eigenvalue weighted by atomic mass is 10.0. The monoisotopic (exact) mass is 382 g/mol. The van der Waals surface area contributed by atoms with Crippen LogP contribution in [0.4, 0.5) is 9.59 Å². The summed E-state index contributed by atoms with van der Waals surface area (Å²) in [5.41, 5.74) is -1.70. The fraction of sp³-hybridized carbons (Fsp3) is 0.556. The Bertz CT molecular complexity index is 686. The highest BCUT2D eigenvalue weighted by atomic mass is 32.2. The molecule has 1 saturated heterocycles. The van der Waals surface area contributed by atoms with Gasteiger partial charge in [-0.3, -0.25) is 0 Å². The van der Waals surface area contributed by atoms with Crippen LogP contribution in [-0.2, 0) is 4.74 Å². The van der Waals surface area contributed by atoms with Crippen LogP contribution in [0.1, 0.15) is 34.6 Å². The first-order valence-corrected chi connectivity index (χ1v) is 9.24. The Labute approximate surface area is 158 Å². The van der Waals surface area contributed by atoms with Crippen molar-refractivity contribution in [3.05, 3.63) is 24.3 Å². The average molecular weight is 382 g/mol. The number of aliphatic hydroxyl groups excluding tert-OH is 1. The van der Waals surface area contributed by atoms with Gasteiger partial charge in [0.25, 0.3) is 0 Å². The van der Waals surface area contributed by atoms with Crippen LogP contribution in [0.3, 0.4) is 0 Å². The average Bonchev–Trinajstić information content (AvgIpc) is 2.69. The summed E-state index contributed by atoms with van der Waals surface area (Å²) in [5.74, 6) is 0.993. The van der Waals surface area contributed by atoms with E-state index < -0.39 is 29.5 Å². The highest BCUT2D eigenvalue weighted by Crippen LogP contribution is 2.35. The summed E-state index contributed by atoms with van der Waals surface area (Å²) in [7, 11) is 1.59. The lowest BCUT2D eigenvalue weighted by Crippen LogP contribution is -2.48. The van der Waals surface area contributed by atoms with E-state index in [-0.39, 0.29) is 5.88 Å². The molecule has 1 atom stereocenters. The van der Waals surface area contributed by atoms with E-state index in [1.54, 1.807) is 41.7 Å². The third kappa shape index (κ3) is 4.24. The summed E-state index contributed by atoms with van der Waals surface area (Å²) in [6, 6.07) is 6.89. The van der Waals surface area contributed by atoms with Gasteiger partial charge in [-0.25, -0.2) is 9.59 Å². The predicted octanol–water partition coefficient (Wildman–Crippen LogP) is 3.51. The van der Waals surface area contributed by atoms with Gasteiger partial charge < -0.3 is 19.5 Å². The van der Waals surface area contributed by atoms with E-state index >= 15 is 0 Å². The van der Waals surface area contributed by atoms with Gasteiger partial charge in [-0.2, -0.15) is 4.90 Å². The van der Waals surface area contributed by atoms with Crippen LogP contribution in [0.15, 0.2) is 29.2 Å².